The molecule has 0 aromatic heterocycles. The maximum atomic E-state index is 11.1. The third kappa shape index (κ3) is 2.06. The van der Waals surface area contributed by atoms with Gasteiger partial charge in [-0.25, -0.2) is 4.79 Å². The summed E-state index contributed by atoms with van der Waals surface area (Å²) < 4.78 is 4.19. The summed E-state index contributed by atoms with van der Waals surface area (Å²) in [6, 6.07) is 4.83. The lowest BCUT2D eigenvalue weighted by molar-refractivity contribution is -0.123. The highest BCUT2D eigenvalue weighted by Gasteiger charge is 2.11. The van der Waals surface area contributed by atoms with Crippen molar-refractivity contribution in [3.05, 3.63) is 34.3 Å². The van der Waals surface area contributed by atoms with Crippen molar-refractivity contribution >= 4 is 24.0 Å². The molecule has 0 fully saturated rings. The second kappa shape index (κ2) is 4.05. The van der Waals surface area contributed by atoms with Crippen molar-refractivity contribution in [2.24, 2.45) is 0 Å². The minimum Gasteiger partial charge on any atom is -0.392 e. The Labute approximate surface area is 80.3 Å². The van der Waals surface area contributed by atoms with Crippen LogP contribution in [0.5, 0.6) is 0 Å². The van der Waals surface area contributed by atoms with Gasteiger partial charge in [-0.1, -0.05) is 17.7 Å². The fourth-order valence-corrected chi connectivity index (χ4v) is 1.11. The summed E-state index contributed by atoms with van der Waals surface area (Å²) in [5, 5.41) is 0.473. The maximum absolute atomic E-state index is 11.1. The van der Waals surface area contributed by atoms with Crippen molar-refractivity contribution in [1.82, 2.24) is 0 Å². The number of benzene rings is 1. The summed E-state index contributed by atoms with van der Waals surface area (Å²) in [5.74, 6) is -0.685. The lowest BCUT2D eigenvalue weighted by Gasteiger charge is -2.03. The highest BCUT2D eigenvalue weighted by Crippen LogP contribution is 2.18. The van der Waals surface area contributed by atoms with Crippen molar-refractivity contribution in [2.75, 3.05) is 0 Å². The first kappa shape index (κ1) is 9.74. The fourth-order valence-electron chi connectivity index (χ4n) is 0.936. The molecule has 0 N–H and O–H groups in total. The third-order valence-corrected chi connectivity index (χ3v) is 2.05. The van der Waals surface area contributed by atoms with Gasteiger partial charge in [-0.15, -0.1) is 0 Å². The van der Waals surface area contributed by atoms with Crippen LogP contribution in [0.4, 0.5) is 0 Å². The van der Waals surface area contributed by atoms with Crippen LogP contribution in [0.3, 0.4) is 0 Å². The van der Waals surface area contributed by atoms with E-state index in [2.05, 4.69) is 4.74 Å². The number of hydrogen-bond acceptors (Lipinski definition) is 3. The molecule has 0 radical (unpaired) electrons. The summed E-state index contributed by atoms with van der Waals surface area (Å²) in [5.41, 5.74) is 0.913. The molecular weight excluding hydrogens is 192 g/mol. The number of rotatable bonds is 2. The Balaban J connectivity index is 3.07. The SMILES string of the molecule is Cc1c(Cl)cccc1C(=O)OC=O. The van der Waals surface area contributed by atoms with Gasteiger partial charge in [0.05, 0.1) is 5.56 Å². The predicted molar refractivity (Wildman–Crippen MR) is 47.7 cm³/mol. The van der Waals surface area contributed by atoms with Crippen LogP contribution in [0.15, 0.2) is 18.2 Å². The van der Waals surface area contributed by atoms with Gasteiger partial charge in [0.25, 0.3) is 0 Å². The number of ether oxygens (including phenoxy) is 1. The van der Waals surface area contributed by atoms with E-state index in [-0.39, 0.29) is 6.47 Å². The standard InChI is InChI=1S/C9H7ClO3/c1-6-7(9(12)13-5-11)3-2-4-8(6)10/h2-5H,1H3. The van der Waals surface area contributed by atoms with E-state index in [4.69, 9.17) is 11.6 Å². The Hall–Kier alpha value is -1.35. The van der Waals surface area contributed by atoms with E-state index in [9.17, 15) is 9.59 Å². The predicted octanol–water partition coefficient (Wildman–Crippen LogP) is 1.96. The lowest BCUT2D eigenvalue weighted by Crippen LogP contribution is -2.05. The molecule has 0 amide bonds. The Morgan fingerprint density at radius 2 is 2.23 bits per heavy atom. The van der Waals surface area contributed by atoms with E-state index >= 15 is 0 Å². The number of esters is 1. The van der Waals surface area contributed by atoms with Gasteiger partial charge in [0.15, 0.2) is 0 Å². The van der Waals surface area contributed by atoms with Crippen molar-refractivity contribution < 1.29 is 14.3 Å². The van der Waals surface area contributed by atoms with E-state index < -0.39 is 5.97 Å². The number of halogens is 1. The normalized spacial score (nSPS) is 9.38. The van der Waals surface area contributed by atoms with Gasteiger partial charge in [-0.3, -0.25) is 4.79 Å². The van der Waals surface area contributed by atoms with Crippen molar-refractivity contribution in [3.8, 4) is 0 Å². The van der Waals surface area contributed by atoms with Crippen LogP contribution in [0, 0.1) is 6.92 Å². The minimum absolute atomic E-state index is 0.0999. The average Bonchev–Trinajstić information content (AvgIpc) is 2.10. The zero-order valence-electron chi connectivity index (χ0n) is 6.91. The molecule has 0 saturated carbocycles. The molecule has 0 aliphatic rings. The quantitative estimate of drug-likeness (QED) is 0.415. The Kier molecular flexibility index (Phi) is 3.03. The molecule has 1 aromatic carbocycles. The monoisotopic (exact) mass is 198 g/mol. The smallest absolute Gasteiger partial charge is 0.345 e. The molecule has 0 saturated heterocycles. The van der Waals surface area contributed by atoms with Gasteiger partial charge in [0, 0.05) is 5.02 Å². The molecule has 0 bridgehead atoms. The molecule has 0 aliphatic carbocycles. The van der Waals surface area contributed by atoms with Crippen LogP contribution in [-0.4, -0.2) is 12.4 Å². The number of carbonyl (C=O) groups is 2. The van der Waals surface area contributed by atoms with Gasteiger partial charge in [0.2, 0.25) is 0 Å². The molecule has 1 rings (SSSR count). The first-order valence-corrected chi connectivity index (χ1v) is 3.94. The van der Waals surface area contributed by atoms with E-state index in [1.807, 2.05) is 0 Å². The summed E-state index contributed by atoms with van der Waals surface area (Å²) >= 11 is 5.76. The van der Waals surface area contributed by atoms with Crippen molar-refractivity contribution in [1.29, 1.82) is 0 Å². The van der Waals surface area contributed by atoms with Gasteiger partial charge in [-0.05, 0) is 24.6 Å². The minimum atomic E-state index is -0.685. The molecule has 4 heteroatoms. The lowest BCUT2D eigenvalue weighted by atomic mass is 10.1. The van der Waals surface area contributed by atoms with Gasteiger partial charge < -0.3 is 4.74 Å². The van der Waals surface area contributed by atoms with Gasteiger partial charge >= 0.3 is 12.4 Å². The fraction of sp³-hybridized carbons (Fsp3) is 0.111. The van der Waals surface area contributed by atoms with Crippen molar-refractivity contribution in [3.63, 3.8) is 0 Å². The molecule has 0 atom stereocenters. The van der Waals surface area contributed by atoms with E-state index in [1.165, 1.54) is 0 Å². The summed E-state index contributed by atoms with van der Waals surface area (Å²) in [6.07, 6.45) is 0. The molecular formula is C9H7ClO3. The molecule has 0 aliphatic heterocycles. The second-order valence-corrected chi connectivity index (χ2v) is 2.82. The first-order valence-electron chi connectivity index (χ1n) is 3.56. The largest absolute Gasteiger partial charge is 0.392 e. The maximum Gasteiger partial charge on any atom is 0.345 e. The molecule has 0 unspecified atom stereocenters. The first-order chi connectivity index (χ1) is 6.16. The van der Waals surface area contributed by atoms with Gasteiger partial charge in [-0.2, -0.15) is 0 Å². The Bertz CT molecular complexity index is 347. The molecule has 3 nitrogen and oxygen atoms in total. The molecule has 13 heavy (non-hydrogen) atoms. The molecule has 0 heterocycles. The highest BCUT2D eigenvalue weighted by molar-refractivity contribution is 6.31. The van der Waals surface area contributed by atoms with Crippen LogP contribution >= 0.6 is 11.6 Å². The van der Waals surface area contributed by atoms with Crippen molar-refractivity contribution in [2.45, 2.75) is 6.92 Å². The summed E-state index contributed by atoms with van der Waals surface area (Å²) in [4.78, 5) is 21.0. The molecule has 1 aromatic rings. The van der Waals surface area contributed by atoms with E-state index in [1.54, 1.807) is 25.1 Å². The number of carbonyl (C=O) groups excluding carboxylic acids is 2. The third-order valence-electron chi connectivity index (χ3n) is 1.64. The van der Waals surface area contributed by atoms with Crippen LogP contribution < -0.4 is 0 Å². The zero-order chi connectivity index (χ0) is 9.84. The van der Waals surface area contributed by atoms with Crippen LogP contribution in [0.25, 0.3) is 0 Å². The van der Waals surface area contributed by atoms with E-state index in [0.717, 1.165) is 0 Å². The Morgan fingerprint density at radius 3 is 2.85 bits per heavy atom. The van der Waals surface area contributed by atoms with Crippen LogP contribution in [0.1, 0.15) is 15.9 Å². The zero-order valence-corrected chi connectivity index (χ0v) is 7.67. The highest BCUT2D eigenvalue weighted by atomic mass is 35.5. The van der Waals surface area contributed by atoms with E-state index in [0.29, 0.717) is 16.1 Å². The molecule has 68 valence electrons. The second-order valence-electron chi connectivity index (χ2n) is 2.41. The molecule has 0 spiro atoms. The summed E-state index contributed by atoms with van der Waals surface area (Å²) in [7, 11) is 0. The average molecular weight is 199 g/mol. The van der Waals surface area contributed by atoms with Gasteiger partial charge in [0.1, 0.15) is 0 Å². The topological polar surface area (TPSA) is 43.4 Å². The number of hydrogen-bond donors (Lipinski definition) is 0. The Morgan fingerprint density at radius 1 is 1.54 bits per heavy atom. The summed E-state index contributed by atoms with van der Waals surface area (Å²) in [6.45, 7) is 1.78. The van der Waals surface area contributed by atoms with Crippen LogP contribution in [0.2, 0.25) is 5.02 Å². The van der Waals surface area contributed by atoms with Crippen LogP contribution in [-0.2, 0) is 9.53 Å².